The Morgan fingerprint density at radius 1 is 1.42 bits per heavy atom. The van der Waals surface area contributed by atoms with Crippen LogP contribution in [-0.2, 0) is 17.8 Å². The second-order valence-corrected chi connectivity index (χ2v) is 7.18. The van der Waals surface area contributed by atoms with Crippen LogP contribution in [0, 0.1) is 10.1 Å². The first-order valence-corrected chi connectivity index (χ1v) is 8.97. The van der Waals surface area contributed by atoms with Gasteiger partial charge in [0.15, 0.2) is 5.58 Å². The maximum atomic E-state index is 12.8. The van der Waals surface area contributed by atoms with Crippen LogP contribution in [0.4, 0.5) is 5.69 Å². The number of fused-ring (bicyclic) bond motifs is 2. The highest BCUT2D eigenvalue weighted by molar-refractivity contribution is 7.10. The van der Waals surface area contributed by atoms with Crippen LogP contribution in [0.2, 0.25) is 0 Å². The highest BCUT2D eigenvalue weighted by atomic mass is 32.1. The molecule has 1 aliphatic rings. The molecule has 0 spiro atoms. The quantitative estimate of drug-likeness (QED) is 0.519. The highest BCUT2D eigenvalue weighted by Crippen LogP contribution is 2.33. The minimum absolute atomic E-state index is 0.0487. The number of aromatic nitrogens is 1. The number of amides is 1. The van der Waals surface area contributed by atoms with Gasteiger partial charge in [-0.15, -0.1) is 11.3 Å². The van der Waals surface area contributed by atoms with Gasteiger partial charge in [0.2, 0.25) is 5.91 Å². The van der Waals surface area contributed by atoms with E-state index in [1.54, 1.807) is 16.2 Å². The Kier molecular flexibility index (Phi) is 3.87. The predicted molar refractivity (Wildman–Crippen MR) is 95.3 cm³/mol. The van der Waals surface area contributed by atoms with Gasteiger partial charge in [0.1, 0.15) is 6.54 Å². The average Bonchev–Trinajstić information content (AvgIpc) is 3.20. The number of hydrogen-bond donors (Lipinski definition) is 0. The van der Waals surface area contributed by atoms with E-state index in [0.717, 1.165) is 12.0 Å². The minimum atomic E-state index is -0.699. The van der Waals surface area contributed by atoms with E-state index in [4.69, 9.17) is 4.42 Å². The molecule has 2 aromatic heterocycles. The Morgan fingerprint density at radius 2 is 2.23 bits per heavy atom. The first-order chi connectivity index (χ1) is 12.5. The zero-order chi connectivity index (χ0) is 18.4. The predicted octanol–water partition coefficient (Wildman–Crippen LogP) is 2.71. The molecule has 0 bridgehead atoms. The maximum Gasteiger partial charge on any atom is 0.420 e. The molecule has 0 saturated carbocycles. The lowest BCUT2D eigenvalue weighted by molar-refractivity contribution is -0.384. The number of oxazole rings is 1. The Morgan fingerprint density at radius 3 is 3.00 bits per heavy atom. The van der Waals surface area contributed by atoms with Gasteiger partial charge in [0, 0.05) is 17.5 Å². The number of carbonyl (C=O) groups excluding carboxylic acids is 1. The number of nitro benzene ring substituents is 1. The van der Waals surface area contributed by atoms with Crippen LogP contribution < -0.4 is 5.76 Å². The summed E-state index contributed by atoms with van der Waals surface area (Å²) in [6.07, 6.45) is 0.802. The van der Waals surface area contributed by atoms with Crippen molar-refractivity contribution in [1.29, 1.82) is 0 Å². The molecule has 1 aromatic carbocycles. The van der Waals surface area contributed by atoms with Crippen molar-refractivity contribution in [3.05, 3.63) is 60.8 Å². The first kappa shape index (κ1) is 16.5. The van der Waals surface area contributed by atoms with Crippen LogP contribution in [0.5, 0.6) is 0 Å². The standard InChI is InChI=1S/C17H15N3O5S/c1-10-12-5-7-26-15(12)4-6-18(10)16(21)9-19-13-3-2-11(20(23)24)8-14(13)25-17(19)22/h2-3,5,7-8,10H,4,6,9H2,1H3/t10-/m0/s1. The molecule has 0 aliphatic carbocycles. The second kappa shape index (κ2) is 6.10. The summed E-state index contributed by atoms with van der Waals surface area (Å²) >= 11 is 1.69. The molecule has 3 aromatic rings. The molecule has 1 amide bonds. The fourth-order valence-electron chi connectivity index (χ4n) is 3.39. The van der Waals surface area contributed by atoms with Crippen molar-refractivity contribution in [2.45, 2.75) is 25.9 Å². The van der Waals surface area contributed by atoms with E-state index in [0.29, 0.717) is 12.1 Å². The molecule has 9 heteroatoms. The molecule has 8 nitrogen and oxygen atoms in total. The molecular weight excluding hydrogens is 358 g/mol. The van der Waals surface area contributed by atoms with E-state index in [2.05, 4.69) is 0 Å². The Hall–Kier alpha value is -2.94. The fraction of sp³-hybridized carbons (Fsp3) is 0.294. The smallest absolute Gasteiger partial charge is 0.407 e. The molecule has 3 heterocycles. The van der Waals surface area contributed by atoms with Gasteiger partial charge in [-0.1, -0.05) is 0 Å². The number of non-ortho nitro benzene ring substituents is 1. The maximum absolute atomic E-state index is 12.8. The van der Waals surface area contributed by atoms with Gasteiger partial charge in [-0.3, -0.25) is 19.5 Å². The Labute approximate surface area is 151 Å². The molecule has 1 atom stereocenters. The first-order valence-electron chi connectivity index (χ1n) is 8.09. The van der Waals surface area contributed by atoms with E-state index >= 15 is 0 Å². The zero-order valence-electron chi connectivity index (χ0n) is 13.9. The summed E-state index contributed by atoms with van der Waals surface area (Å²) in [5.74, 6) is -0.882. The van der Waals surface area contributed by atoms with Crippen LogP contribution in [0.25, 0.3) is 11.1 Å². The fourth-order valence-corrected chi connectivity index (χ4v) is 4.36. The summed E-state index contributed by atoms with van der Waals surface area (Å²) in [7, 11) is 0. The lowest BCUT2D eigenvalue weighted by atomic mass is 10.0. The van der Waals surface area contributed by atoms with Crippen LogP contribution >= 0.6 is 11.3 Å². The van der Waals surface area contributed by atoms with Crippen molar-refractivity contribution in [3.8, 4) is 0 Å². The molecule has 0 radical (unpaired) electrons. The topological polar surface area (TPSA) is 98.6 Å². The molecule has 0 saturated heterocycles. The number of nitrogens with zero attached hydrogens (tertiary/aromatic N) is 3. The Bertz CT molecular complexity index is 1080. The molecule has 1 aliphatic heterocycles. The van der Waals surface area contributed by atoms with Gasteiger partial charge < -0.3 is 9.32 Å². The van der Waals surface area contributed by atoms with Crippen molar-refractivity contribution in [1.82, 2.24) is 9.47 Å². The molecule has 4 rings (SSSR count). The molecule has 0 fully saturated rings. The largest absolute Gasteiger partial charge is 0.420 e. The summed E-state index contributed by atoms with van der Waals surface area (Å²) in [5, 5.41) is 12.9. The summed E-state index contributed by atoms with van der Waals surface area (Å²) in [6.45, 7) is 2.42. The van der Waals surface area contributed by atoms with E-state index in [1.807, 2.05) is 18.4 Å². The van der Waals surface area contributed by atoms with E-state index in [1.165, 1.54) is 27.6 Å². The number of nitro groups is 1. The van der Waals surface area contributed by atoms with Gasteiger partial charge in [-0.25, -0.2) is 4.79 Å². The van der Waals surface area contributed by atoms with Crippen LogP contribution in [0.1, 0.15) is 23.4 Å². The monoisotopic (exact) mass is 373 g/mol. The van der Waals surface area contributed by atoms with Crippen LogP contribution in [-0.4, -0.2) is 26.8 Å². The van der Waals surface area contributed by atoms with Crippen LogP contribution in [0.3, 0.4) is 0 Å². The molecular formula is C17H15N3O5S. The third-order valence-electron chi connectivity index (χ3n) is 4.75. The number of benzene rings is 1. The highest BCUT2D eigenvalue weighted by Gasteiger charge is 2.29. The van der Waals surface area contributed by atoms with E-state index in [-0.39, 0.29) is 29.8 Å². The van der Waals surface area contributed by atoms with Gasteiger partial charge >= 0.3 is 5.76 Å². The number of hydrogen-bond acceptors (Lipinski definition) is 6. The third kappa shape index (κ3) is 2.60. The normalized spacial score (nSPS) is 16.7. The molecule has 0 unspecified atom stereocenters. The third-order valence-corrected chi connectivity index (χ3v) is 5.75. The van der Waals surface area contributed by atoms with E-state index in [9.17, 15) is 19.7 Å². The van der Waals surface area contributed by atoms with Crippen molar-refractivity contribution >= 4 is 34.0 Å². The van der Waals surface area contributed by atoms with Gasteiger partial charge in [-0.2, -0.15) is 0 Å². The summed E-state index contributed by atoms with van der Waals surface area (Å²) in [5.41, 5.74) is 1.45. The van der Waals surface area contributed by atoms with Crippen LogP contribution in [0.15, 0.2) is 38.9 Å². The number of carbonyl (C=O) groups is 1. The SMILES string of the molecule is C[C@H]1c2ccsc2CCN1C(=O)Cn1c(=O)oc2cc([N+](=O)[O-])ccc21. The lowest BCUT2D eigenvalue weighted by Gasteiger charge is -2.33. The average molecular weight is 373 g/mol. The summed E-state index contributed by atoms with van der Waals surface area (Å²) in [6, 6.07) is 5.90. The van der Waals surface area contributed by atoms with Gasteiger partial charge in [-0.05, 0) is 36.4 Å². The summed E-state index contributed by atoms with van der Waals surface area (Å²) < 4.78 is 6.30. The van der Waals surface area contributed by atoms with Crippen molar-refractivity contribution in [3.63, 3.8) is 0 Å². The van der Waals surface area contributed by atoms with Crippen molar-refractivity contribution in [2.75, 3.05) is 6.54 Å². The zero-order valence-corrected chi connectivity index (χ0v) is 14.7. The van der Waals surface area contributed by atoms with Crippen molar-refractivity contribution in [2.24, 2.45) is 0 Å². The molecule has 26 heavy (non-hydrogen) atoms. The molecule has 0 N–H and O–H groups in total. The van der Waals surface area contributed by atoms with Gasteiger partial charge in [0.25, 0.3) is 5.69 Å². The number of thiophene rings is 1. The van der Waals surface area contributed by atoms with Crippen molar-refractivity contribution < 1.29 is 14.1 Å². The molecule has 134 valence electrons. The minimum Gasteiger partial charge on any atom is -0.407 e. The van der Waals surface area contributed by atoms with Gasteiger partial charge in [0.05, 0.1) is 22.5 Å². The second-order valence-electron chi connectivity index (χ2n) is 6.18. The lowest BCUT2D eigenvalue weighted by Crippen LogP contribution is -2.41. The van der Waals surface area contributed by atoms with E-state index < -0.39 is 10.7 Å². The summed E-state index contributed by atoms with van der Waals surface area (Å²) in [4.78, 5) is 38.3. The number of rotatable bonds is 3. The Balaban J connectivity index is 1.63.